The van der Waals surface area contributed by atoms with Gasteiger partial charge in [0.2, 0.25) is 0 Å². The maximum atomic E-state index is 5.50. The van der Waals surface area contributed by atoms with Crippen molar-refractivity contribution >= 4 is 13.3 Å². The van der Waals surface area contributed by atoms with E-state index in [0.717, 1.165) is 5.92 Å². The van der Waals surface area contributed by atoms with Gasteiger partial charge in [-0.2, -0.15) is 0 Å². The van der Waals surface area contributed by atoms with Gasteiger partial charge in [-0.3, -0.25) is 0 Å². The van der Waals surface area contributed by atoms with Gasteiger partial charge in [0.25, 0.3) is 0 Å². The van der Waals surface area contributed by atoms with Crippen LogP contribution in [0.4, 0.5) is 0 Å². The molecular formula is C20H37P. The fourth-order valence-corrected chi connectivity index (χ4v) is 4.24. The third kappa shape index (κ3) is 6.08. The zero-order chi connectivity index (χ0) is 16.6. The van der Waals surface area contributed by atoms with Crippen LogP contribution in [0.2, 0.25) is 0 Å². The van der Waals surface area contributed by atoms with Crippen molar-refractivity contribution < 1.29 is 0 Å². The smallest absolute Gasteiger partial charge is 0.0338 e. The van der Waals surface area contributed by atoms with Crippen LogP contribution < -0.4 is 0 Å². The van der Waals surface area contributed by atoms with Gasteiger partial charge in [0, 0.05) is 5.66 Å². The third-order valence-corrected chi connectivity index (χ3v) is 8.30. The molecule has 0 aliphatic carbocycles. The Kier molecular flexibility index (Phi) is 9.40. The Labute approximate surface area is 135 Å². The summed E-state index contributed by atoms with van der Waals surface area (Å²) < 4.78 is 0. The van der Waals surface area contributed by atoms with Crippen LogP contribution in [0.3, 0.4) is 0 Å². The van der Waals surface area contributed by atoms with Crippen molar-refractivity contribution in [3.05, 3.63) is 12.2 Å². The molecule has 0 amide bonds. The van der Waals surface area contributed by atoms with Crippen LogP contribution in [0.15, 0.2) is 12.2 Å². The second-order valence-corrected chi connectivity index (χ2v) is 9.85. The fraction of sp³-hybridized carbons (Fsp3) is 0.750. The van der Waals surface area contributed by atoms with Gasteiger partial charge in [-0.05, 0) is 57.0 Å². The van der Waals surface area contributed by atoms with Crippen LogP contribution in [-0.4, -0.2) is 18.1 Å². The average Bonchev–Trinajstić information content (AvgIpc) is 2.48. The summed E-state index contributed by atoms with van der Waals surface area (Å²) in [4.78, 5) is 0. The molecule has 0 fully saturated rings. The summed E-state index contributed by atoms with van der Waals surface area (Å²) in [5.41, 5.74) is 2.07. The monoisotopic (exact) mass is 308 g/mol. The summed E-state index contributed by atoms with van der Waals surface area (Å²) in [5, 5.41) is 0. The van der Waals surface area contributed by atoms with Crippen molar-refractivity contribution in [2.45, 2.75) is 72.9 Å². The molecule has 0 saturated heterocycles. The highest BCUT2D eigenvalue weighted by Gasteiger charge is 2.33. The SMILES string of the molecule is C#C[C@H](C)/[PH](C)=C\CCCC(C)C(C)C(C)(CC)C(=C)C. The zero-order valence-electron chi connectivity index (χ0n) is 15.4. The Bertz CT molecular complexity index is 399. The van der Waals surface area contributed by atoms with Gasteiger partial charge in [0.15, 0.2) is 0 Å². The highest BCUT2D eigenvalue weighted by molar-refractivity contribution is 7.57. The summed E-state index contributed by atoms with van der Waals surface area (Å²) in [6.07, 6.45) is 10.5. The normalized spacial score (nSPS) is 20.1. The summed E-state index contributed by atoms with van der Waals surface area (Å²) in [5.74, 6) is 6.82. The van der Waals surface area contributed by atoms with Gasteiger partial charge in [0.1, 0.15) is 0 Å². The van der Waals surface area contributed by atoms with Crippen LogP contribution in [-0.2, 0) is 0 Å². The second-order valence-electron chi connectivity index (χ2n) is 7.08. The van der Waals surface area contributed by atoms with Gasteiger partial charge in [-0.15, -0.1) is 14.0 Å². The predicted octanol–water partition coefficient (Wildman–Crippen LogP) is 6.09. The molecule has 21 heavy (non-hydrogen) atoms. The largest absolute Gasteiger partial charge is 0.119 e. The maximum absolute atomic E-state index is 5.50. The number of hydrogen-bond donors (Lipinski definition) is 0. The van der Waals surface area contributed by atoms with Crippen molar-refractivity contribution in [3.8, 4) is 12.3 Å². The molecule has 0 heterocycles. The lowest BCUT2D eigenvalue weighted by atomic mass is 9.66. The lowest BCUT2D eigenvalue weighted by Crippen LogP contribution is -2.30. The van der Waals surface area contributed by atoms with Gasteiger partial charge in [0.05, 0.1) is 0 Å². The van der Waals surface area contributed by atoms with Crippen LogP contribution in [0.25, 0.3) is 0 Å². The Balaban J connectivity index is 4.42. The van der Waals surface area contributed by atoms with Gasteiger partial charge in [-0.1, -0.05) is 58.0 Å². The molecule has 0 aromatic carbocycles. The molecule has 0 aliphatic rings. The third-order valence-electron chi connectivity index (χ3n) is 5.83. The fourth-order valence-electron chi connectivity index (χ4n) is 2.97. The van der Waals surface area contributed by atoms with Crippen LogP contribution in [0, 0.1) is 29.6 Å². The molecule has 4 unspecified atom stereocenters. The molecule has 122 valence electrons. The van der Waals surface area contributed by atoms with E-state index in [1.54, 1.807) is 0 Å². The maximum Gasteiger partial charge on any atom is 0.0338 e. The van der Waals surface area contributed by atoms with E-state index in [4.69, 9.17) is 6.42 Å². The topological polar surface area (TPSA) is 0 Å². The Hall–Kier alpha value is -0.400. The molecule has 1 heteroatoms. The van der Waals surface area contributed by atoms with E-state index < -0.39 is 7.55 Å². The minimum atomic E-state index is -0.457. The molecule has 0 radical (unpaired) electrons. The highest BCUT2D eigenvalue weighted by Crippen LogP contribution is 2.42. The molecule has 5 atom stereocenters. The van der Waals surface area contributed by atoms with E-state index in [1.807, 2.05) is 0 Å². The predicted molar refractivity (Wildman–Crippen MR) is 104 cm³/mol. The second kappa shape index (κ2) is 9.58. The molecule has 0 saturated carbocycles. The minimum Gasteiger partial charge on any atom is -0.119 e. The summed E-state index contributed by atoms with van der Waals surface area (Å²) in [6, 6.07) is 0. The van der Waals surface area contributed by atoms with E-state index in [0.29, 0.717) is 11.6 Å². The van der Waals surface area contributed by atoms with Gasteiger partial charge in [-0.25, -0.2) is 0 Å². The van der Waals surface area contributed by atoms with Crippen molar-refractivity contribution in [2.24, 2.45) is 17.3 Å². The first-order chi connectivity index (χ1) is 9.70. The van der Waals surface area contributed by atoms with Crippen molar-refractivity contribution in [3.63, 3.8) is 0 Å². The first kappa shape index (κ1) is 20.6. The molecular weight excluding hydrogens is 271 g/mol. The molecule has 0 rings (SSSR count). The van der Waals surface area contributed by atoms with E-state index in [9.17, 15) is 0 Å². The minimum absolute atomic E-state index is 0.279. The average molecular weight is 308 g/mol. The lowest BCUT2D eigenvalue weighted by Gasteiger charge is -2.39. The highest BCUT2D eigenvalue weighted by atomic mass is 31.1. The first-order valence-electron chi connectivity index (χ1n) is 8.49. The van der Waals surface area contributed by atoms with Crippen LogP contribution >= 0.6 is 7.55 Å². The van der Waals surface area contributed by atoms with Crippen LogP contribution in [0.1, 0.15) is 67.2 Å². The number of allylic oxidation sites excluding steroid dienone is 1. The number of rotatable bonds is 9. The molecule has 0 N–H and O–H groups in total. The van der Waals surface area contributed by atoms with Crippen molar-refractivity contribution in [1.29, 1.82) is 0 Å². The van der Waals surface area contributed by atoms with E-state index in [2.05, 4.69) is 66.5 Å². The molecule has 0 nitrogen and oxygen atoms in total. The van der Waals surface area contributed by atoms with Crippen molar-refractivity contribution in [2.75, 3.05) is 6.66 Å². The quantitative estimate of drug-likeness (QED) is 0.209. The molecule has 0 aliphatic heterocycles. The summed E-state index contributed by atoms with van der Waals surface area (Å²) in [6.45, 7) is 20.4. The molecule has 0 aromatic rings. The Morgan fingerprint density at radius 2 is 1.95 bits per heavy atom. The first-order valence-corrected chi connectivity index (χ1v) is 10.6. The number of terminal acetylenes is 1. The Morgan fingerprint density at radius 3 is 2.38 bits per heavy atom. The van der Waals surface area contributed by atoms with Gasteiger partial charge >= 0.3 is 0 Å². The Morgan fingerprint density at radius 1 is 1.38 bits per heavy atom. The van der Waals surface area contributed by atoms with E-state index >= 15 is 0 Å². The molecule has 0 bridgehead atoms. The van der Waals surface area contributed by atoms with Gasteiger partial charge < -0.3 is 0 Å². The number of hydrogen-bond acceptors (Lipinski definition) is 0. The summed E-state index contributed by atoms with van der Waals surface area (Å²) >= 11 is 0. The number of unbranched alkanes of at least 4 members (excludes halogenated alkanes) is 1. The summed E-state index contributed by atoms with van der Waals surface area (Å²) in [7, 11) is -0.457. The zero-order valence-corrected chi connectivity index (χ0v) is 16.4. The van der Waals surface area contributed by atoms with Crippen LogP contribution in [0.5, 0.6) is 0 Å². The molecule has 0 spiro atoms. The van der Waals surface area contributed by atoms with E-state index in [1.165, 1.54) is 31.3 Å². The van der Waals surface area contributed by atoms with E-state index in [-0.39, 0.29) is 5.41 Å². The standard InChI is InChI=1S/C20H37P/c1-10-18(6)21(9)15-13-12-14-17(5)19(7)20(8,11-2)16(3)4/h1,15,17-19,21H,3,11-14H2,2,4-9H3/t17?,18-,19?,20?/m0/s1. The molecule has 0 aromatic heterocycles. The van der Waals surface area contributed by atoms with Crippen molar-refractivity contribution in [1.82, 2.24) is 0 Å². The lowest BCUT2D eigenvalue weighted by molar-refractivity contribution is 0.170.